The molecule has 3 rings (SSSR count). The summed E-state index contributed by atoms with van der Waals surface area (Å²) in [4.78, 5) is 8.42. The van der Waals surface area contributed by atoms with Crippen LogP contribution in [0.25, 0.3) is 11.0 Å². The Balaban J connectivity index is 2.06. The SMILES string of the molecule is Cc1nc(N)c2cnn(Cc3cccc(F)c3)c2n1. The molecule has 0 saturated heterocycles. The summed E-state index contributed by atoms with van der Waals surface area (Å²) in [7, 11) is 0. The fourth-order valence-electron chi connectivity index (χ4n) is 2.01. The van der Waals surface area contributed by atoms with E-state index >= 15 is 0 Å². The van der Waals surface area contributed by atoms with E-state index in [9.17, 15) is 4.39 Å². The molecular weight excluding hydrogens is 245 g/mol. The van der Waals surface area contributed by atoms with E-state index in [4.69, 9.17) is 5.73 Å². The van der Waals surface area contributed by atoms with Gasteiger partial charge in [0, 0.05) is 0 Å². The zero-order chi connectivity index (χ0) is 13.4. The van der Waals surface area contributed by atoms with Crippen LogP contribution >= 0.6 is 0 Å². The van der Waals surface area contributed by atoms with Crippen LogP contribution in [-0.2, 0) is 6.54 Å². The number of hydrogen-bond acceptors (Lipinski definition) is 4. The maximum atomic E-state index is 13.2. The van der Waals surface area contributed by atoms with Gasteiger partial charge in [0.1, 0.15) is 17.5 Å². The van der Waals surface area contributed by atoms with Gasteiger partial charge in [0.25, 0.3) is 0 Å². The Morgan fingerprint density at radius 3 is 2.95 bits per heavy atom. The van der Waals surface area contributed by atoms with Gasteiger partial charge in [-0.05, 0) is 24.6 Å². The van der Waals surface area contributed by atoms with Crippen LogP contribution in [0.15, 0.2) is 30.5 Å². The van der Waals surface area contributed by atoms with Gasteiger partial charge in [0.2, 0.25) is 0 Å². The minimum atomic E-state index is -0.265. The predicted octanol–water partition coefficient (Wildman–Crippen LogP) is 1.90. The average Bonchev–Trinajstić information content (AvgIpc) is 2.73. The Bertz CT molecular complexity index is 750. The Morgan fingerprint density at radius 1 is 1.32 bits per heavy atom. The van der Waals surface area contributed by atoms with Gasteiger partial charge in [0.15, 0.2) is 5.65 Å². The summed E-state index contributed by atoms with van der Waals surface area (Å²) in [5.41, 5.74) is 7.30. The standard InChI is InChI=1S/C13H12FN5/c1-8-17-12(15)11-6-16-19(13(11)18-8)7-9-3-2-4-10(14)5-9/h2-6H,7H2,1H3,(H2,15,17,18). The number of nitrogens with two attached hydrogens (primary N) is 1. The van der Waals surface area contributed by atoms with Crippen LogP contribution in [0.4, 0.5) is 10.2 Å². The smallest absolute Gasteiger partial charge is 0.163 e. The van der Waals surface area contributed by atoms with Crippen molar-refractivity contribution in [2.45, 2.75) is 13.5 Å². The average molecular weight is 257 g/mol. The summed E-state index contributed by atoms with van der Waals surface area (Å²) >= 11 is 0. The first kappa shape index (κ1) is 11.6. The van der Waals surface area contributed by atoms with E-state index in [-0.39, 0.29) is 5.82 Å². The van der Waals surface area contributed by atoms with Gasteiger partial charge >= 0.3 is 0 Å². The van der Waals surface area contributed by atoms with Crippen LogP contribution in [0.1, 0.15) is 11.4 Å². The molecule has 0 radical (unpaired) electrons. The molecule has 2 N–H and O–H groups in total. The first-order chi connectivity index (χ1) is 9.13. The van der Waals surface area contributed by atoms with Crippen LogP contribution < -0.4 is 5.73 Å². The molecule has 96 valence electrons. The van der Waals surface area contributed by atoms with Crippen LogP contribution in [0.2, 0.25) is 0 Å². The Hall–Kier alpha value is -2.50. The zero-order valence-corrected chi connectivity index (χ0v) is 10.3. The van der Waals surface area contributed by atoms with Crippen molar-refractivity contribution < 1.29 is 4.39 Å². The minimum absolute atomic E-state index is 0.265. The van der Waals surface area contributed by atoms with Gasteiger partial charge in [-0.1, -0.05) is 12.1 Å². The summed E-state index contributed by atoms with van der Waals surface area (Å²) in [6.07, 6.45) is 1.63. The maximum Gasteiger partial charge on any atom is 0.163 e. The number of benzene rings is 1. The summed E-state index contributed by atoms with van der Waals surface area (Å²) in [5.74, 6) is 0.735. The molecule has 6 heteroatoms. The number of halogens is 1. The molecule has 2 heterocycles. The number of anilines is 1. The predicted molar refractivity (Wildman–Crippen MR) is 70.0 cm³/mol. The van der Waals surface area contributed by atoms with E-state index < -0.39 is 0 Å². The highest BCUT2D eigenvalue weighted by atomic mass is 19.1. The highest BCUT2D eigenvalue weighted by Crippen LogP contribution is 2.18. The lowest BCUT2D eigenvalue weighted by Crippen LogP contribution is -2.04. The number of fused-ring (bicyclic) bond motifs is 1. The molecule has 0 atom stereocenters. The number of aromatic nitrogens is 4. The second-order valence-corrected chi connectivity index (χ2v) is 4.33. The zero-order valence-electron chi connectivity index (χ0n) is 10.3. The normalized spacial score (nSPS) is 11.1. The lowest BCUT2D eigenvalue weighted by molar-refractivity contribution is 0.620. The first-order valence-electron chi connectivity index (χ1n) is 5.83. The van der Waals surface area contributed by atoms with Crippen molar-refractivity contribution in [2.75, 3.05) is 5.73 Å². The van der Waals surface area contributed by atoms with Crippen molar-refractivity contribution in [3.05, 3.63) is 47.7 Å². The van der Waals surface area contributed by atoms with Crippen molar-refractivity contribution in [2.24, 2.45) is 0 Å². The number of hydrogen-bond donors (Lipinski definition) is 1. The fraction of sp³-hybridized carbons (Fsp3) is 0.154. The fourth-order valence-corrected chi connectivity index (χ4v) is 2.01. The van der Waals surface area contributed by atoms with Crippen LogP contribution in [0.5, 0.6) is 0 Å². The highest BCUT2D eigenvalue weighted by molar-refractivity contribution is 5.85. The molecule has 5 nitrogen and oxygen atoms in total. The molecule has 19 heavy (non-hydrogen) atoms. The van der Waals surface area contributed by atoms with E-state index in [1.165, 1.54) is 12.1 Å². The third-order valence-electron chi connectivity index (χ3n) is 2.86. The lowest BCUT2D eigenvalue weighted by atomic mass is 10.2. The number of rotatable bonds is 2. The molecule has 0 amide bonds. The second kappa shape index (κ2) is 4.31. The van der Waals surface area contributed by atoms with Crippen LogP contribution in [-0.4, -0.2) is 19.7 Å². The molecule has 1 aromatic carbocycles. The van der Waals surface area contributed by atoms with Crippen molar-refractivity contribution in [1.82, 2.24) is 19.7 Å². The molecule has 0 aliphatic heterocycles. The topological polar surface area (TPSA) is 69.6 Å². The van der Waals surface area contributed by atoms with E-state index in [2.05, 4.69) is 15.1 Å². The van der Waals surface area contributed by atoms with Crippen molar-refractivity contribution in [3.8, 4) is 0 Å². The molecule has 0 aliphatic carbocycles. The quantitative estimate of drug-likeness (QED) is 0.761. The largest absolute Gasteiger partial charge is 0.383 e. The van der Waals surface area contributed by atoms with Crippen LogP contribution in [0, 0.1) is 12.7 Å². The van der Waals surface area contributed by atoms with Crippen molar-refractivity contribution in [3.63, 3.8) is 0 Å². The summed E-state index contributed by atoms with van der Waals surface area (Å²) in [6, 6.07) is 6.40. The molecule has 2 aromatic heterocycles. The molecule has 0 fully saturated rings. The summed E-state index contributed by atoms with van der Waals surface area (Å²) in [5, 5.41) is 4.94. The Labute approximate surface area is 108 Å². The third kappa shape index (κ3) is 2.12. The number of aryl methyl sites for hydroxylation is 1. The van der Waals surface area contributed by atoms with E-state index in [1.54, 1.807) is 23.9 Å². The van der Waals surface area contributed by atoms with Gasteiger partial charge in [-0.3, -0.25) is 0 Å². The van der Waals surface area contributed by atoms with Gasteiger partial charge in [-0.2, -0.15) is 5.10 Å². The maximum absolute atomic E-state index is 13.2. The Kier molecular flexibility index (Phi) is 2.63. The Morgan fingerprint density at radius 2 is 2.16 bits per heavy atom. The molecule has 0 unspecified atom stereocenters. The molecule has 0 aliphatic rings. The number of nitrogens with zero attached hydrogens (tertiary/aromatic N) is 4. The lowest BCUT2D eigenvalue weighted by Gasteiger charge is -2.04. The van der Waals surface area contributed by atoms with E-state index in [0.29, 0.717) is 29.2 Å². The van der Waals surface area contributed by atoms with Gasteiger partial charge in [-0.15, -0.1) is 0 Å². The van der Waals surface area contributed by atoms with Gasteiger partial charge < -0.3 is 5.73 Å². The highest BCUT2D eigenvalue weighted by Gasteiger charge is 2.09. The third-order valence-corrected chi connectivity index (χ3v) is 2.86. The first-order valence-corrected chi connectivity index (χ1v) is 5.83. The van der Waals surface area contributed by atoms with Crippen molar-refractivity contribution in [1.29, 1.82) is 0 Å². The summed E-state index contributed by atoms with van der Waals surface area (Å²) < 4.78 is 14.9. The van der Waals surface area contributed by atoms with Gasteiger partial charge in [-0.25, -0.2) is 19.0 Å². The molecule has 0 bridgehead atoms. The molecule has 0 saturated carbocycles. The molecular formula is C13H12FN5. The van der Waals surface area contributed by atoms with Crippen LogP contribution in [0.3, 0.4) is 0 Å². The monoisotopic (exact) mass is 257 g/mol. The van der Waals surface area contributed by atoms with Gasteiger partial charge in [0.05, 0.1) is 18.1 Å². The molecule has 0 spiro atoms. The van der Waals surface area contributed by atoms with E-state index in [1.807, 2.05) is 6.07 Å². The van der Waals surface area contributed by atoms with Crippen molar-refractivity contribution >= 4 is 16.9 Å². The van der Waals surface area contributed by atoms with E-state index in [0.717, 1.165) is 5.56 Å². The second-order valence-electron chi connectivity index (χ2n) is 4.33. The molecule has 3 aromatic rings. The number of nitrogen functional groups attached to an aromatic ring is 1. The summed E-state index contributed by atoms with van der Waals surface area (Å²) in [6.45, 7) is 2.21. The minimum Gasteiger partial charge on any atom is -0.383 e.